The van der Waals surface area contributed by atoms with Gasteiger partial charge in [0.25, 0.3) is 5.91 Å². The molecule has 1 aliphatic rings. The molecule has 0 spiro atoms. The first-order valence-electron chi connectivity index (χ1n) is 8.46. The first kappa shape index (κ1) is 20.7. The topological polar surface area (TPSA) is 87.5 Å². The number of benzene rings is 2. The molecule has 6 nitrogen and oxygen atoms in total. The smallest absolute Gasteiger partial charge is 0.319 e. The number of amides is 3. The lowest BCUT2D eigenvalue weighted by Crippen LogP contribution is -2.40. The Morgan fingerprint density at radius 1 is 1.11 bits per heavy atom. The zero-order valence-electron chi connectivity index (χ0n) is 14.7. The number of nitrogens with one attached hydrogen (secondary N) is 2. The van der Waals surface area contributed by atoms with Gasteiger partial charge < -0.3 is 21.3 Å². The Morgan fingerprint density at radius 3 is 2.41 bits per heavy atom. The molecule has 3 amide bonds. The van der Waals surface area contributed by atoms with E-state index in [1.54, 1.807) is 17.0 Å². The van der Waals surface area contributed by atoms with Crippen LogP contribution in [0.15, 0.2) is 48.5 Å². The van der Waals surface area contributed by atoms with E-state index in [1.165, 1.54) is 24.3 Å². The van der Waals surface area contributed by atoms with E-state index in [4.69, 9.17) is 5.73 Å². The van der Waals surface area contributed by atoms with Crippen molar-refractivity contribution in [2.45, 2.75) is 19.0 Å². The number of halogens is 2. The Morgan fingerprint density at radius 2 is 1.78 bits per heavy atom. The van der Waals surface area contributed by atoms with Crippen molar-refractivity contribution in [2.75, 3.05) is 18.4 Å². The fourth-order valence-corrected chi connectivity index (χ4v) is 2.91. The van der Waals surface area contributed by atoms with Gasteiger partial charge in [-0.05, 0) is 48.4 Å². The van der Waals surface area contributed by atoms with E-state index in [2.05, 4.69) is 10.6 Å². The molecule has 1 saturated heterocycles. The number of carbonyl (C=O) groups is 2. The van der Waals surface area contributed by atoms with Gasteiger partial charge in [-0.2, -0.15) is 0 Å². The summed E-state index contributed by atoms with van der Waals surface area (Å²) in [5.74, 6) is -0.419. The summed E-state index contributed by atoms with van der Waals surface area (Å²) in [6.45, 7) is 1.47. The Labute approximate surface area is 163 Å². The Hall–Kier alpha value is -2.64. The number of urea groups is 1. The van der Waals surface area contributed by atoms with E-state index in [0.29, 0.717) is 37.3 Å². The standard InChI is InChI=1S/C19H21FN4O2.ClH/c20-15-5-7-16(8-6-15)22-19(26)23-17-9-10-24(12-17)18(25)14-3-1-13(11-21)2-4-14;/h1-8,17H,9-12,21H2,(H2,22,23,26);1H. The molecule has 0 radical (unpaired) electrons. The third-order valence-corrected chi connectivity index (χ3v) is 4.35. The molecule has 4 N–H and O–H groups in total. The van der Waals surface area contributed by atoms with Crippen LogP contribution in [-0.2, 0) is 6.54 Å². The van der Waals surface area contributed by atoms with Gasteiger partial charge in [0.15, 0.2) is 0 Å². The van der Waals surface area contributed by atoms with Crippen LogP contribution in [0.1, 0.15) is 22.3 Å². The zero-order valence-corrected chi connectivity index (χ0v) is 15.5. The highest BCUT2D eigenvalue weighted by atomic mass is 35.5. The number of likely N-dealkylation sites (tertiary alicyclic amines) is 1. The third kappa shape index (κ3) is 5.42. The minimum atomic E-state index is -0.372. The van der Waals surface area contributed by atoms with Crippen molar-refractivity contribution in [3.63, 3.8) is 0 Å². The van der Waals surface area contributed by atoms with Gasteiger partial charge in [0.1, 0.15) is 5.82 Å². The summed E-state index contributed by atoms with van der Waals surface area (Å²) in [6, 6.07) is 12.3. The second-order valence-corrected chi connectivity index (χ2v) is 6.24. The summed E-state index contributed by atoms with van der Waals surface area (Å²) in [4.78, 5) is 26.3. The Kier molecular flexibility index (Phi) is 7.15. The number of nitrogens with zero attached hydrogens (tertiary/aromatic N) is 1. The first-order valence-corrected chi connectivity index (χ1v) is 8.46. The number of nitrogens with two attached hydrogens (primary N) is 1. The number of hydrogen-bond acceptors (Lipinski definition) is 3. The largest absolute Gasteiger partial charge is 0.337 e. The van der Waals surface area contributed by atoms with Gasteiger partial charge in [0.05, 0.1) is 0 Å². The van der Waals surface area contributed by atoms with Gasteiger partial charge >= 0.3 is 6.03 Å². The third-order valence-electron chi connectivity index (χ3n) is 4.35. The van der Waals surface area contributed by atoms with Crippen LogP contribution in [0.3, 0.4) is 0 Å². The molecule has 8 heteroatoms. The van der Waals surface area contributed by atoms with E-state index >= 15 is 0 Å². The maximum absolute atomic E-state index is 12.9. The highest BCUT2D eigenvalue weighted by Crippen LogP contribution is 2.15. The number of anilines is 1. The van der Waals surface area contributed by atoms with E-state index < -0.39 is 0 Å². The maximum atomic E-state index is 12.9. The fraction of sp³-hybridized carbons (Fsp3) is 0.263. The van der Waals surface area contributed by atoms with Crippen molar-refractivity contribution in [2.24, 2.45) is 5.73 Å². The number of hydrogen-bond donors (Lipinski definition) is 3. The highest BCUT2D eigenvalue weighted by Gasteiger charge is 2.27. The molecule has 1 fully saturated rings. The molecule has 144 valence electrons. The lowest BCUT2D eigenvalue weighted by atomic mass is 10.1. The molecule has 3 rings (SSSR count). The molecule has 2 aromatic carbocycles. The molecule has 0 bridgehead atoms. The predicted octanol–water partition coefficient (Wildman–Crippen LogP) is 2.74. The summed E-state index contributed by atoms with van der Waals surface area (Å²) >= 11 is 0. The average molecular weight is 393 g/mol. The van der Waals surface area contributed by atoms with Gasteiger partial charge in [-0.1, -0.05) is 12.1 Å². The molecule has 0 aliphatic carbocycles. The van der Waals surface area contributed by atoms with Crippen LogP contribution in [0, 0.1) is 5.82 Å². The van der Waals surface area contributed by atoms with Gasteiger partial charge in [-0.3, -0.25) is 4.79 Å². The lowest BCUT2D eigenvalue weighted by Gasteiger charge is -2.17. The van der Waals surface area contributed by atoms with Crippen molar-refractivity contribution in [1.29, 1.82) is 0 Å². The molecule has 1 unspecified atom stereocenters. The number of carbonyl (C=O) groups excluding carboxylic acids is 2. The minimum Gasteiger partial charge on any atom is -0.337 e. The predicted molar refractivity (Wildman–Crippen MR) is 104 cm³/mol. The van der Waals surface area contributed by atoms with Crippen LogP contribution in [0.2, 0.25) is 0 Å². The molecular formula is C19H22ClFN4O2. The second-order valence-electron chi connectivity index (χ2n) is 6.24. The van der Waals surface area contributed by atoms with Gasteiger partial charge in [0.2, 0.25) is 0 Å². The van der Waals surface area contributed by atoms with Crippen molar-refractivity contribution in [3.05, 3.63) is 65.5 Å². The molecular weight excluding hydrogens is 371 g/mol. The van der Waals surface area contributed by atoms with Gasteiger partial charge in [-0.25, -0.2) is 9.18 Å². The SMILES string of the molecule is Cl.NCc1ccc(C(=O)N2CCC(NC(=O)Nc3ccc(F)cc3)C2)cc1. The van der Waals surface area contributed by atoms with Crippen LogP contribution in [-0.4, -0.2) is 36.0 Å². The normalized spacial score (nSPS) is 15.8. The highest BCUT2D eigenvalue weighted by molar-refractivity contribution is 5.94. The number of rotatable bonds is 4. The maximum Gasteiger partial charge on any atom is 0.319 e. The van der Waals surface area contributed by atoms with Crippen LogP contribution in [0.25, 0.3) is 0 Å². The lowest BCUT2D eigenvalue weighted by molar-refractivity contribution is 0.0789. The van der Waals surface area contributed by atoms with Crippen LogP contribution in [0.5, 0.6) is 0 Å². The summed E-state index contributed by atoms with van der Waals surface area (Å²) in [5, 5.41) is 5.49. The quantitative estimate of drug-likeness (QED) is 0.747. The Bertz CT molecular complexity index is 783. The second kappa shape index (κ2) is 9.34. The van der Waals surface area contributed by atoms with Crippen molar-refractivity contribution >= 4 is 30.0 Å². The van der Waals surface area contributed by atoms with Gasteiger partial charge in [-0.15, -0.1) is 12.4 Å². The average Bonchev–Trinajstić information content (AvgIpc) is 3.11. The summed E-state index contributed by atoms with van der Waals surface area (Å²) in [6.07, 6.45) is 0.684. The van der Waals surface area contributed by atoms with Crippen LogP contribution >= 0.6 is 12.4 Å². The van der Waals surface area contributed by atoms with Crippen molar-refractivity contribution in [3.8, 4) is 0 Å². The van der Waals surface area contributed by atoms with Crippen LogP contribution < -0.4 is 16.4 Å². The van der Waals surface area contributed by atoms with Crippen molar-refractivity contribution < 1.29 is 14.0 Å². The van der Waals surface area contributed by atoms with Crippen molar-refractivity contribution in [1.82, 2.24) is 10.2 Å². The van der Waals surface area contributed by atoms with E-state index in [-0.39, 0.29) is 36.2 Å². The van der Waals surface area contributed by atoms with E-state index in [1.807, 2.05) is 12.1 Å². The van der Waals surface area contributed by atoms with Crippen LogP contribution in [0.4, 0.5) is 14.9 Å². The van der Waals surface area contributed by atoms with Gasteiger partial charge in [0, 0.05) is 36.9 Å². The summed E-state index contributed by atoms with van der Waals surface area (Å²) < 4.78 is 12.9. The molecule has 0 aromatic heterocycles. The molecule has 2 aromatic rings. The summed E-state index contributed by atoms with van der Waals surface area (Å²) in [5.41, 5.74) is 7.66. The minimum absolute atomic E-state index is 0. The fourth-order valence-electron chi connectivity index (χ4n) is 2.91. The molecule has 1 aliphatic heterocycles. The van der Waals surface area contributed by atoms with E-state index in [9.17, 15) is 14.0 Å². The summed E-state index contributed by atoms with van der Waals surface area (Å²) in [7, 11) is 0. The van der Waals surface area contributed by atoms with E-state index in [0.717, 1.165) is 5.56 Å². The zero-order chi connectivity index (χ0) is 18.5. The molecule has 0 saturated carbocycles. The molecule has 1 heterocycles. The molecule has 27 heavy (non-hydrogen) atoms. The Balaban J connectivity index is 0.00000261. The monoisotopic (exact) mass is 392 g/mol. The first-order chi connectivity index (χ1) is 12.5. The molecule has 1 atom stereocenters.